The highest BCUT2D eigenvalue weighted by molar-refractivity contribution is 14.1. The Morgan fingerprint density at radius 1 is 1.43 bits per heavy atom. The van der Waals surface area contributed by atoms with Crippen molar-refractivity contribution >= 4 is 22.6 Å². The zero-order valence-electron chi connectivity index (χ0n) is 6.81. The number of alkyl halides is 3. The van der Waals surface area contributed by atoms with Gasteiger partial charge in [-0.15, -0.1) is 13.2 Å². The quantitative estimate of drug-likeness (QED) is 0.671. The molecule has 2 N–H and O–H groups in total. The predicted octanol–water partition coefficient (Wildman–Crippen LogP) is 2.04. The molecule has 0 spiro atoms. The van der Waals surface area contributed by atoms with E-state index in [1.807, 2.05) is 0 Å². The Kier molecular flexibility index (Phi) is 3.53. The minimum absolute atomic E-state index is 0.234. The number of nitrogens with two attached hydrogens (primary N) is 1. The molecule has 14 heavy (non-hydrogen) atoms. The average Bonchev–Trinajstić information content (AvgIpc) is 2.01. The van der Waals surface area contributed by atoms with Crippen LogP contribution in [0.25, 0.3) is 0 Å². The molecule has 0 atom stereocenters. The Bertz CT molecular complexity index is 329. The van der Waals surface area contributed by atoms with Crippen LogP contribution in [0.3, 0.4) is 0 Å². The van der Waals surface area contributed by atoms with E-state index >= 15 is 0 Å². The summed E-state index contributed by atoms with van der Waals surface area (Å²) in [6.45, 7) is 0.234. The van der Waals surface area contributed by atoms with Gasteiger partial charge in [0.25, 0.3) is 0 Å². The van der Waals surface area contributed by atoms with Gasteiger partial charge in [-0.3, -0.25) is 0 Å². The smallest absolute Gasteiger partial charge is 0.388 e. The zero-order chi connectivity index (χ0) is 10.8. The van der Waals surface area contributed by atoms with Gasteiger partial charge in [0.05, 0.1) is 0 Å². The van der Waals surface area contributed by atoms with E-state index in [4.69, 9.17) is 5.73 Å². The third-order valence-electron chi connectivity index (χ3n) is 1.34. The van der Waals surface area contributed by atoms with Crippen LogP contribution in [0.1, 0.15) is 5.56 Å². The summed E-state index contributed by atoms with van der Waals surface area (Å²) < 4.78 is 39.3. The molecule has 0 bridgehead atoms. The van der Waals surface area contributed by atoms with Gasteiger partial charge in [-0.1, -0.05) is 0 Å². The molecule has 0 aromatic carbocycles. The summed E-state index contributed by atoms with van der Waals surface area (Å²) in [5, 5.41) is 0. The maximum absolute atomic E-state index is 11.8. The molecule has 1 aromatic heterocycles. The van der Waals surface area contributed by atoms with Gasteiger partial charge in [-0.05, 0) is 34.2 Å². The summed E-state index contributed by atoms with van der Waals surface area (Å²) in [6.07, 6.45) is -4.71. The van der Waals surface area contributed by atoms with Gasteiger partial charge >= 0.3 is 6.36 Å². The number of nitrogens with zero attached hydrogens (tertiary/aromatic N) is 1. The highest BCUT2D eigenvalue weighted by Crippen LogP contribution is 2.22. The van der Waals surface area contributed by atoms with E-state index in [0.717, 1.165) is 6.07 Å². The first kappa shape index (κ1) is 11.5. The molecule has 0 unspecified atom stereocenters. The largest absolute Gasteiger partial charge is 0.574 e. The lowest BCUT2D eigenvalue weighted by Gasteiger charge is -2.08. The molecular weight excluding hydrogens is 312 g/mol. The number of hydrogen-bond acceptors (Lipinski definition) is 3. The number of halogens is 4. The average molecular weight is 318 g/mol. The normalized spacial score (nSPS) is 11.5. The van der Waals surface area contributed by atoms with Gasteiger partial charge in [-0.2, -0.15) is 0 Å². The topological polar surface area (TPSA) is 48.1 Å². The molecule has 0 aliphatic heterocycles. The van der Waals surface area contributed by atoms with Gasteiger partial charge in [0.1, 0.15) is 3.70 Å². The molecule has 7 heteroatoms. The molecule has 0 saturated heterocycles. The first-order chi connectivity index (χ1) is 6.42. The molecule has 0 fully saturated rings. The third-order valence-corrected chi connectivity index (χ3v) is 2.27. The Labute approximate surface area is 91.6 Å². The van der Waals surface area contributed by atoms with E-state index in [9.17, 15) is 13.2 Å². The molecule has 1 aromatic rings. The number of pyridine rings is 1. The lowest BCUT2D eigenvalue weighted by Crippen LogP contribution is -2.18. The zero-order valence-corrected chi connectivity index (χ0v) is 8.96. The van der Waals surface area contributed by atoms with Gasteiger partial charge in [-0.25, -0.2) is 4.98 Å². The van der Waals surface area contributed by atoms with E-state index in [1.54, 1.807) is 22.6 Å². The van der Waals surface area contributed by atoms with E-state index in [-0.39, 0.29) is 6.54 Å². The van der Waals surface area contributed by atoms with Crippen molar-refractivity contribution in [1.82, 2.24) is 4.98 Å². The standard InChI is InChI=1S/C7H6F3IN2O/c8-7(9,10)14-5-2-1-4(3-12)6(11)13-5/h1-2H,3,12H2. The molecule has 1 rings (SSSR count). The number of rotatable bonds is 2. The van der Waals surface area contributed by atoms with Crippen molar-refractivity contribution in [2.24, 2.45) is 5.73 Å². The SMILES string of the molecule is NCc1ccc(OC(F)(F)F)nc1I. The molecule has 0 aliphatic rings. The van der Waals surface area contributed by atoms with Crippen LogP contribution in [-0.2, 0) is 6.54 Å². The molecular formula is C7H6F3IN2O. The molecule has 3 nitrogen and oxygen atoms in total. The summed E-state index contributed by atoms with van der Waals surface area (Å²) in [4.78, 5) is 3.59. The molecule has 0 saturated carbocycles. The molecule has 78 valence electrons. The molecule has 1 heterocycles. The van der Waals surface area contributed by atoms with Crippen LogP contribution >= 0.6 is 22.6 Å². The van der Waals surface area contributed by atoms with Gasteiger partial charge in [0, 0.05) is 12.6 Å². The van der Waals surface area contributed by atoms with Crippen LogP contribution in [-0.4, -0.2) is 11.3 Å². The first-order valence-electron chi connectivity index (χ1n) is 3.53. The fourth-order valence-electron chi connectivity index (χ4n) is 0.774. The molecule has 0 amide bonds. The second-order valence-electron chi connectivity index (χ2n) is 2.35. The van der Waals surface area contributed by atoms with Crippen LogP contribution in [0, 0.1) is 3.70 Å². The Morgan fingerprint density at radius 3 is 2.50 bits per heavy atom. The maximum Gasteiger partial charge on any atom is 0.574 e. The maximum atomic E-state index is 11.8. The van der Waals surface area contributed by atoms with Crippen molar-refractivity contribution in [3.8, 4) is 5.88 Å². The van der Waals surface area contributed by atoms with Crippen molar-refractivity contribution in [3.63, 3.8) is 0 Å². The second kappa shape index (κ2) is 4.30. The summed E-state index contributed by atoms with van der Waals surface area (Å²) in [7, 11) is 0. The third kappa shape index (κ3) is 3.29. The minimum Gasteiger partial charge on any atom is -0.388 e. The summed E-state index contributed by atoms with van der Waals surface area (Å²) in [6, 6.07) is 2.59. The minimum atomic E-state index is -4.71. The van der Waals surface area contributed by atoms with Gasteiger partial charge in [0.2, 0.25) is 5.88 Å². The lowest BCUT2D eigenvalue weighted by atomic mass is 10.3. The van der Waals surface area contributed by atoms with Gasteiger partial charge in [0.15, 0.2) is 0 Å². The number of hydrogen-bond donors (Lipinski definition) is 1. The van der Waals surface area contributed by atoms with Crippen molar-refractivity contribution in [2.75, 3.05) is 0 Å². The first-order valence-corrected chi connectivity index (χ1v) is 4.61. The predicted molar refractivity (Wildman–Crippen MR) is 51.5 cm³/mol. The van der Waals surface area contributed by atoms with Crippen LogP contribution in [0.4, 0.5) is 13.2 Å². The fraction of sp³-hybridized carbons (Fsp3) is 0.286. The summed E-state index contributed by atoms with van der Waals surface area (Å²) in [5.74, 6) is -0.473. The molecule has 0 radical (unpaired) electrons. The Hall–Kier alpha value is -0.570. The summed E-state index contributed by atoms with van der Waals surface area (Å²) >= 11 is 1.80. The fourth-order valence-corrected chi connectivity index (χ4v) is 1.41. The monoisotopic (exact) mass is 318 g/mol. The van der Waals surface area contributed by atoms with E-state index < -0.39 is 12.2 Å². The van der Waals surface area contributed by atoms with Crippen molar-refractivity contribution in [3.05, 3.63) is 21.4 Å². The lowest BCUT2D eigenvalue weighted by molar-refractivity contribution is -0.276. The highest BCUT2D eigenvalue weighted by atomic mass is 127. The van der Waals surface area contributed by atoms with Crippen molar-refractivity contribution in [2.45, 2.75) is 12.9 Å². The van der Waals surface area contributed by atoms with Gasteiger partial charge < -0.3 is 10.5 Å². The number of aromatic nitrogens is 1. The Balaban J connectivity index is 2.87. The molecule has 0 aliphatic carbocycles. The van der Waals surface area contributed by atoms with E-state index in [0.29, 0.717) is 9.26 Å². The second-order valence-corrected chi connectivity index (χ2v) is 3.37. The van der Waals surface area contributed by atoms with Crippen molar-refractivity contribution < 1.29 is 17.9 Å². The Morgan fingerprint density at radius 2 is 2.07 bits per heavy atom. The van der Waals surface area contributed by atoms with E-state index in [1.165, 1.54) is 6.07 Å². The van der Waals surface area contributed by atoms with Crippen LogP contribution < -0.4 is 10.5 Å². The van der Waals surface area contributed by atoms with Crippen LogP contribution in [0.2, 0.25) is 0 Å². The van der Waals surface area contributed by atoms with E-state index in [2.05, 4.69) is 9.72 Å². The summed E-state index contributed by atoms with van der Waals surface area (Å²) in [5.41, 5.74) is 6.00. The van der Waals surface area contributed by atoms with Crippen LogP contribution in [0.5, 0.6) is 5.88 Å². The van der Waals surface area contributed by atoms with Crippen LogP contribution in [0.15, 0.2) is 12.1 Å². The van der Waals surface area contributed by atoms with Crippen molar-refractivity contribution in [1.29, 1.82) is 0 Å². The highest BCUT2D eigenvalue weighted by Gasteiger charge is 2.31. The number of ether oxygens (including phenoxy) is 1.